The predicted molar refractivity (Wildman–Crippen MR) is 97.3 cm³/mol. The molecule has 1 aromatic rings. The van der Waals surface area contributed by atoms with Crippen LogP contribution in [0.3, 0.4) is 0 Å². The molecule has 1 fully saturated rings. The van der Waals surface area contributed by atoms with Crippen LogP contribution in [0.1, 0.15) is 12.5 Å². The van der Waals surface area contributed by atoms with Crippen molar-refractivity contribution in [1.29, 1.82) is 0 Å². The normalized spacial score (nSPS) is 15.7. The summed E-state index contributed by atoms with van der Waals surface area (Å²) in [6.45, 7) is 5.27. The van der Waals surface area contributed by atoms with Gasteiger partial charge in [0.2, 0.25) is 0 Å². The number of nitrogens with two attached hydrogens (primary N) is 1. The summed E-state index contributed by atoms with van der Waals surface area (Å²) in [7, 11) is 0. The molecule has 0 saturated carbocycles. The molecule has 1 aromatic carbocycles. The molecule has 1 saturated heterocycles. The zero-order valence-electron chi connectivity index (χ0n) is 11.7. The Labute approximate surface area is 142 Å². The van der Waals surface area contributed by atoms with Gasteiger partial charge >= 0.3 is 0 Å². The van der Waals surface area contributed by atoms with Crippen LogP contribution in [0.25, 0.3) is 0 Å². The highest BCUT2D eigenvalue weighted by Gasteiger charge is 2.11. The highest BCUT2D eigenvalue weighted by Crippen LogP contribution is 2.14. The van der Waals surface area contributed by atoms with Gasteiger partial charge in [-0.25, -0.2) is 4.99 Å². The largest absolute Gasteiger partial charge is 0.494 e. The summed E-state index contributed by atoms with van der Waals surface area (Å²) in [5.41, 5.74) is 7.15. The van der Waals surface area contributed by atoms with Crippen LogP contribution in [-0.2, 0) is 6.54 Å². The van der Waals surface area contributed by atoms with Crippen LogP contribution in [-0.4, -0.2) is 42.1 Å². The first-order valence-electron chi connectivity index (χ1n) is 6.64. The van der Waals surface area contributed by atoms with Gasteiger partial charge in [0.25, 0.3) is 0 Å². The Kier molecular flexibility index (Phi) is 8.13. The number of hydrogen-bond donors (Lipinski definition) is 1. The van der Waals surface area contributed by atoms with Crippen molar-refractivity contribution in [2.45, 2.75) is 13.5 Å². The van der Waals surface area contributed by atoms with Crippen molar-refractivity contribution < 1.29 is 4.74 Å². The quantitative estimate of drug-likeness (QED) is 0.474. The number of rotatable bonds is 4. The maximum Gasteiger partial charge on any atom is 0.191 e. The molecule has 2 N–H and O–H groups in total. The third-order valence-corrected chi connectivity index (χ3v) is 3.91. The van der Waals surface area contributed by atoms with E-state index < -0.39 is 0 Å². The molecule has 0 aromatic heterocycles. The Morgan fingerprint density at radius 2 is 2.15 bits per heavy atom. The standard InChI is InChI=1S/C14H21N3OS.HI/c1-2-18-13-5-3-4-12(10-13)11-16-14(15)17-6-8-19-9-7-17;/h3-5,10H,2,6-9,11H2,1H3,(H2,15,16);1H. The van der Waals surface area contributed by atoms with E-state index in [2.05, 4.69) is 9.89 Å². The SMILES string of the molecule is CCOc1cccc(CN=C(N)N2CCSCC2)c1.I. The van der Waals surface area contributed by atoms with Crippen molar-refractivity contribution >= 4 is 41.7 Å². The van der Waals surface area contributed by atoms with Crippen molar-refractivity contribution in [1.82, 2.24) is 4.90 Å². The maximum atomic E-state index is 6.03. The first-order chi connectivity index (χ1) is 9.29. The number of benzene rings is 1. The van der Waals surface area contributed by atoms with Gasteiger partial charge in [0.05, 0.1) is 13.2 Å². The molecule has 112 valence electrons. The molecule has 1 aliphatic rings. The monoisotopic (exact) mass is 407 g/mol. The minimum absolute atomic E-state index is 0. The fourth-order valence-corrected chi connectivity index (χ4v) is 2.87. The minimum atomic E-state index is 0. The number of aliphatic imine (C=N–C) groups is 1. The van der Waals surface area contributed by atoms with Crippen LogP contribution in [0, 0.1) is 0 Å². The summed E-state index contributed by atoms with van der Waals surface area (Å²) in [5, 5.41) is 0. The van der Waals surface area contributed by atoms with Gasteiger partial charge in [0.15, 0.2) is 5.96 Å². The first kappa shape index (κ1) is 17.4. The van der Waals surface area contributed by atoms with E-state index in [0.717, 1.165) is 35.9 Å². The highest BCUT2D eigenvalue weighted by atomic mass is 127. The molecule has 0 spiro atoms. The van der Waals surface area contributed by atoms with Crippen molar-refractivity contribution in [2.75, 3.05) is 31.2 Å². The van der Waals surface area contributed by atoms with Gasteiger partial charge in [-0.05, 0) is 24.6 Å². The van der Waals surface area contributed by atoms with Crippen LogP contribution in [0.2, 0.25) is 0 Å². The fourth-order valence-electron chi connectivity index (χ4n) is 1.97. The van der Waals surface area contributed by atoms with Crippen molar-refractivity contribution in [3.63, 3.8) is 0 Å². The summed E-state index contributed by atoms with van der Waals surface area (Å²) < 4.78 is 5.48. The molecule has 20 heavy (non-hydrogen) atoms. The fraction of sp³-hybridized carbons (Fsp3) is 0.500. The van der Waals surface area contributed by atoms with Gasteiger partial charge in [-0.3, -0.25) is 0 Å². The molecular weight excluding hydrogens is 385 g/mol. The lowest BCUT2D eigenvalue weighted by molar-refractivity contribution is 0.340. The van der Waals surface area contributed by atoms with E-state index in [-0.39, 0.29) is 24.0 Å². The summed E-state index contributed by atoms with van der Waals surface area (Å²) >= 11 is 1.97. The summed E-state index contributed by atoms with van der Waals surface area (Å²) in [4.78, 5) is 6.63. The maximum absolute atomic E-state index is 6.03. The van der Waals surface area contributed by atoms with E-state index in [9.17, 15) is 0 Å². The van der Waals surface area contributed by atoms with Gasteiger partial charge in [-0.2, -0.15) is 11.8 Å². The zero-order valence-corrected chi connectivity index (χ0v) is 14.9. The molecule has 0 atom stereocenters. The number of hydrogen-bond acceptors (Lipinski definition) is 3. The van der Waals surface area contributed by atoms with Crippen molar-refractivity contribution in [3.8, 4) is 5.75 Å². The van der Waals surface area contributed by atoms with E-state index in [4.69, 9.17) is 10.5 Å². The van der Waals surface area contributed by atoms with E-state index >= 15 is 0 Å². The zero-order chi connectivity index (χ0) is 13.5. The van der Waals surface area contributed by atoms with Crippen molar-refractivity contribution in [3.05, 3.63) is 29.8 Å². The topological polar surface area (TPSA) is 50.9 Å². The average molecular weight is 407 g/mol. The number of ether oxygens (including phenoxy) is 1. The second-order valence-electron chi connectivity index (χ2n) is 4.35. The van der Waals surface area contributed by atoms with Crippen LogP contribution in [0.4, 0.5) is 0 Å². The molecular formula is C14H22IN3OS. The Morgan fingerprint density at radius 3 is 2.85 bits per heavy atom. The van der Waals surface area contributed by atoms with Crippen LogP contribution in [0.15, 0.2) is 29.3 Å². The Hall–Kier alpha value is -0.630. The molecule has 4 nitrogen and oxygen atoms in total. The number of halogens is 1. The molecule has 0 amide bonds. The Balaban J connectivity index is 0.00000200. The lowest BCUT2D eigenvalue weighted by Gasteiger charge is -2.27. The van der Waals surface area contributed by atoms with Gasteiger partial charge in [0, 0.05) is 24.6 Å². The Bertz CT molecular complexity index is 436. The molecule has 0 unspecified atom stereocenters. The molecule has 0 radical (unpaired) electrons. The molecule has 1 heterocycles. The average Bonchev–Trinajstić information content (AvgIpc) is 2.46. The van der Waals surface area contributed by atoms with Gasteiger partial charge in [-0.15, -0.1) is 24.0 Å². The van der Waals surface area contributed by atoms with Gasteiger partial charge < -0.3 is 15.4 Å². The van der Waals surface area contributed by atoms with E-state index in [1.54, 1.807) is 0 Å². The number of guanidine groups is 1. The molecule has 6 heteroatoms. The van der Waals surface area contributed by atoms with Crippen LogP contribution in [0.5, 0.6) is 5.75 Å². The highest BCUT2D eigenvalue weighted by molar-refractivity contribution is 14.0. The van der Waals surface area contributed by atoms with Gasteiger partial charge in [0.1, 0.15) is 5.75 Å². The predicted octanol–water partition coefficient (Wildman–Crippen LogP) is 2.57. The summed E-state index contributed by atoms with van der Waals surface area (Å²) in [6.07, 6.45) is 0. The van der Waals surface area contributed by atoms with E-state index in [1.807, 2.05) is 43.0 Å². The van der Waals surface area contributed by atoms with Crippen LogP contribution >= 0.6 is 35.7 Å². The van der Waals surface area contributed by atoms with Crippen LogP contribution < -0.4 is 10.5 Å². The molecule has 1 aliphatic heterocycles. The molecule has 0 aliphatic carbocycles. The minimum Gasteiger partial charge on any atom is -0.494 e. The number of thioether (sulfide) groups is 1. The van der Waals surface area contributed by atoms with E-state index in [0.29, 0.717) is 19.1 Å². The second-order valence-corrected chi connectivity index (χ2v) is 5.58. The third-order valence-electron chi connectivity index (χ3n) is 2.97. The number of nitrogens with zero attached hydrogens (tertiary/aromatic N) is 2. The van der Waals surface area contributed by atoms with Gasteiger partial charge in [-0.1, -0.05) is 12.1 Å². The Morgan fingerprint density at radius 1 is 1.40 bits per heavy atom. The van der Waals surface area contributed by atoms with E-state index in [1.165, 1.54) is 0 Å². The summed E-state index contributed by atoms with van der Waals surface area (Å²) in [6, 6.07) is 8.02. The molecule has 2 rings (SSSR count). The second kappa shape index (κ2) is 9.33. The first-order valence-corrected chi connectivity index (χ1v) is 7.79. The van der Waals surface area contributed by atoms with Crippen molar-refractivity contribution in [2.24, 2.45) is 10.7 Å². The smallest absolute Gasteiger partial charge is 0.191 e. The lowest BCUT2D eigenvalue weighted by atomic mass is 10.2. The third kappa shape index (κ3) is 5.40. The summed E-state index contributed by atoms with van der Waals surface area (Å²) in [5.74, 6) is 3.82. The lowest BCUT2D eigenvalue weighted by Crippen LogP contribution is -2.42. The molecule has 0 bridgehead atoms.